The molecule has 2 bridgehead atoms. The van der Waals surface area contributed by atoms with E-state index < -0.39 is 0 Å². The quantitative estimate of drug-likeness (QED) is 0.833. The predicted molar refractivity (Wildman–Crippen MR) is 80.6 cm³/mol. The fourth-order valence-electron chi connectivity index (χ4n) is 4.41. The summed E-state index contributed by atoms with van der Waals surface area (Å²) in [6.45, 7) is 3.82. The fraction of sp³-hybridized carbons (Fsp3) is 0.875. The van der Waals surface area contributed by atoms with Crippen LogP contribution in [0, 0.1) is 17.8 Å². The van der Waals surface area contributed by atoms with Gasteiger partial charge in [-0.15, -0.1) is 0 Å². The minimum Gasteiger partial charge on any atom is -0.358 e. The maximum absolute atomic E-state index is 12.8. The maximum Gasteiger partial charge on any atom is 0.233 e. The Morgan fingerprint density at radius 1 is 1.10 bits per heavy atom. The summed E-state index contributed by atoms with van der Waals surface area (Å²) in [6, 6.07) is 0. The van der Waals surface area contributed by atoms with E-state index in [-0.39, 0.29) is 5.91 Å². The van der Waals surface area contributed by atoms with Crippen molar-refractivity contribution in [1.29, 1.82) is 0 Å². The highest BCUT2D eigenvalue weighted by Gasteiger charge is 2.44. The molecule has 5 nitrogen and oxygen atoms in total. The number of nitrogens with one attached hydrogen (secondary N) is 1. The van der Waals surface area contributed by atoms with E-state index in [0.29, 0.717) is 24.3 Å². The highest BCUT2D eigenvalue weighted by atomic mass is 16.2. The van der Waals surface area contributed by atoms with Gasteiger partial charge in [-0.25, -0.2) is 0 Å². The van der Waals surface area contributed by atoms with Crippen molar-refractivity contribution in [2.24, 2.45) is 17.8 Å². The Hall–Kier alpha value is -1.10. The number of nitrogens with zero attached hydrogens (tertiary/aromatic N) is 2. The molecule has 0 spiro atoms. The predicted octanol–water partition coefficient (Wildman–Crippen LogP) is 0.703. The summed E-state index contributed by atoms with van der Waals surface area (Å²) in [5.74, 6) is 2.23. The molecule has 0 radical (unpaired) electrons. The molecule has 0 unspecified atom stereocenters. The van der Waals surface area contributed by atoms with Crippen LogP contribution in [0.5, 0.6) is 0 Å². The monoisotopic (exact) mass is 293 g/mol. The van der Waals surface area contributed by atoms with Gasteiger partial charge in [0, 0.05) is 39.1 Å². The van der Waals surface area contributed by atoms with Gasteiger partial charge in [-0.2, -0.15) is 0 Å². The number of rotatable bonds is 3. The van der Waals surface area contributed by atoms with Crippen LogP contribution in [0.15, 0.2) is 0 Å². The molecule has 3 fully saturated rings. The molecule has 3 rings (SSSR count). The van der Waals surface area contributed by atoms with Crippen molar-refractivity contribution in [2.45, 2.75) is 32.1 Å². The molecular weight excluding hydrogens is 266 g/mol. The van der Waals surface area contributed by atoms with Crippen molar-refractivity contribution in [2.75, 3.05) is 39.8 Å². The van der Waals surface area contributed by atoms with Crippen LogP contribution in [0.25, 0.3) is 0 Å². The Morgan fingerprint density at radius 2 is 1.95 bits per heavy atom. The van der Waals surface area contributed by atoms with E-state index in [2.05, 4.69) is 15.1 Å². The number of amides is 2. The third-order valence-corrected chi connectivity index (χ3v) is 5.60. The fourth-order valence-corrected chi connectivity index (χ4v) is 4.41. The molecule has 1 N–H and O–H groups in total. The molecule has 5 heteroatoms. The Balaban J connectivity index is 1.52. The first-order chi connectivity index (χ1) is 10.2. The number of likely N-dealkylation sites (N-methyl/N-ethyl adjacent to an activating group) is 1. The van der Waals surface area contributed by atoms with Gasteiger partial charge < -0.3 is 10.2 Å². The molecule has 1 aliphatic heterocycles. The van der Waals surface area contributed by atoms with E-state index >= 15 is 0 Å². The second-order valence-corrected chi connectivity index (χ2v) is 6.91. The Bertz CT molecular complexity index is 412. The molecule has 3 aliphatic rings. The highest BCUT2D eigenvalue weighted by molar-refractivity contribution is 5.80. The summed E-state index contributed by atoms with van der Waals surface area (Å²) in [6.07, 6.45) is 5.99. The van der Waals surface area contributed by atoms with Crippen molar-refractivity contribution in [3.63, 3.8) is 0 Å². The second kappa shape index (κ2) is 6.34. The van der Waals surface area contributed by atoms with Crippen molar-refractivity contribution in [3.05, 3.63) is 0 Å². The van der Waals surface area contributed by atoms with Gasteiger partial charge >= 0.3 is 0 Å². The van der Waals surface area contributed by atoms with Crippen LogP contribution in [0.1, 0.15) is 32.1 Å². The van der Waals surface area contributed by atoms with Crippen molar-refractivity contribution in [3.8, 4) is 0 Å². The summed E-state index contributed by atoms with van der Waals surface area (Å²) < 4.78 is 0. The van der Waals surface area contributed by atoms with E-state index in [4.69, 9.17) is 0 Å². The van der Waals surface area contributed by atoms with E-state index in [1.165, 1.54) is 19.3 Å². The second-order valence-electron chi connectivity index (χ2n) is 6.91. The van der Waals surface area contributed by atoms with Crippen LogP contribution in [0.4, 0.5) is 0 Å². The van der Waals surface area contributed by atoms with Crippen LogP contribution in [-0.2, 0) is 9.59 Å². The molecule has 1 saturated heterocycles. The van der Waals surface area contributed by atoms with Gasteiger partial charge in [0.15, 0.2) is 0 Å². The van der Waals surface area contributed by atoms with E-state index in [1.54, 1.807) is 7.05 Å². The topological polar surface area (TPSA) is 52.7 Å². The van der Waals surface area contributed by atoms with Crippen molar-refractivity contribution >= 4 is 11.8 Å². The lowest BCUT2D eigenvalue weighted by atomic mass is 9.87. The molecule has 0 aromatic carbocycles. The first-order valence-corrected chi connectivity index (χ1v) is 8.39. The lowest BCUT2D eigenvalue weighted by Gasteiger charge is -2.28. The molecule has 21 heavy (non-hydrogen) atoms. The summed E-state index contributed by atoms with van der Waals surface area (Å²) in [5, 5.41) is 2.67. The Kier molecular flexibility index (Phi) is 4.48. The minimum atomic E-state index is 0.0582. The van der Waals surface area contributed by atoms with Gasteiger partial charge in [0.1, 0.15) is 0 Å². The molecule has 2 saturated carbocycles. The van der Waals surface area contributed by atoms with Crippen LogP contribution >= 0.6 is 0 Å². The largest absolute Gasteiger partial charge is 0.358 e. The molecule has 2 amide bonds. The number of hydrogen-bond acceptors (Lipinski definition) is 3. The van der Waals surface area contributed by atoms with Crippen molar-refractivity contribution in [1.82, 2.24) is 15.1 Å². The lowest BCUT2D eigenvalue weighted by molar-refractivity contribution is -0.137. The van der Waals surface area contributed by atoms with E-state index in [9.17, 15) is 9.59 Å². The van der Waals surface area contributed by atoms with Gasteiger partial charge in [0.2, 0.25) is 11.8 Å². The molecule has 1 heterocycles. The number of fused-ring (bicyclic) bond motifs is 2. The Labute approximate surface area is 127 Å². The summed E-state index contributed by atoms with van der Waals surface area (Å²) in [5.41, 5.74) is 0. The smallest absolute Gasteiger partial charge is 0.233 e. The molecule has 2 aliphatic carbocycles. The Morgan fingerprint density at radius 3 is 2.62 bits per heavy atom. The maximum atomic E-state index is 12.8. The van der Waals surface area contributed by atoms with Gasteiger partial charge in [0.05, 0.1) is 6.54 Å². The van der Waals surface area contributed by atoms with Crippen LogP contribution < -0.4 is 5.32 Å². The molecule has 3 atom stereocenters. The normalized spacial score (nSPS) is 33.0. The van der Waals surface area contributed by atoms with Gasteiger partial charge in [-0.1, -0.05) is 6.42 Å². The third-order valence-electron chi connectivity index (χ3n) is 5.60. The average Bonchev–Trinajstić information content (AvgIpc) is 3.05. The zero-order valence-electron chi connectivity index (χ0n) is 13.0. The number of carbonyl (C=O) groups is 2. The molecular formula is C16H27N3O2. The summed E-state index contributed by atoms with van der Waals surface area (Å²) >= 11 is 0. The van der Waals surface area contributed by atoms with Gasteiger partial charge in [-0.3, -0.25) is 14.5 Å². The SMILES string of the molecule is CNC(=O)CN1CCCN(C(=O)[C@@H]2C[C@H]3CC[C@H]2C3)CC1. The van der Waals surface area contributed by atoms with Crippen LogP contribution in [0.2, 0.25) is 0 Å². The van der Waals surface area contributed by atoms with Crippen molar-refractivity contribution < 1.29 is 9.59 Å². The van der Waals surface area contributed by atoms with E-state index in [0.717, 1.165) is 44.9 Å². The first-order valence-electron chi connectivity index (χ1n) is 8.39. The zero-order chi connectivity index (χ0) is 14.8. The first kappa shape index (κ1) is 14.8. The van der Waals surface area contributed by atoms with Gasteiger partial charge in [0.25, 0.3) is 0 Å². The third kappa shape index (κ3) is 3.23. The summed E-state index contributed by atoms with van der Waals surface area (Å²) in [4.78, 5) is 28.5. The highest BCUT2D eigenvalue weighted by Crippen LogP contribution is 2.48. The van der Waals surface area contributed by atoms with Gasteiger partial charge in [-0.05, 0) is 37.5 Å². The minimum absolute atomic E-state index is 0.0582. The van der Waals surface area contributed by atoms with E-state index in [1.807, 2.05) is 0 Å². The lowest BCUT2D eigenvalue weighted by Crippen LogP contribution is -2.41. The van der Waals surface area contributed by atoms with Crippen LogP contribution in [-0.4, -0.2) is 61.4 Å². The molecule has 0 aromatic heterocycles. The van der Waals surface area contributed by atoms with Crippen LogP contribution in [0.3, 0.4) is 0 Å². The average molecular weight is 293 g/mol. The summed E-state index contributed by atoms with van der Waals surface area (Å²) in [7, 11) is 1.67. The number of hydrogen-bond donors (Lipinski definition) is 1. The molecule has 118 valence electrons. The molecule has 0 aromatic rings. The standard InChI is InChI=1S/C16H27N3O2/c1-17-15(20)11-18-5-2-6-19(8-7-18)16(21)14-10-12-3-4-13(14)9-12/h12-14H,2-11H2,1H3,(H,17,20)/t12-,13-,14+/m0/s1. The zero-order valence-corrected chi connectivity index (χ0v) is 13.0. The number of carbonyl (C=O) groups excluding carboxylic acids is 2.